The summed E-state index contributed by atoms with van der Waals surface area (Å²) in [5.41, 5.74) is -0.286. The van der Waals surface area contributed by atoms with Crippen molar-refractivity contribution in [2.75, 3.05) is 13.6 Å². The normalized spacial score (nSPS) is 20.3. The van der Waals surface area contributed by atoms with Crippen LogP contribution in [0.5, 0.6) is 0 Å². The summed E-state index contributed by atoms with van der Waals surface area (Å²) in [4.78, 5) is 31.7. The second-order valence-electron chi connectivity index (χ2n) is 9.78. The van der Waals surface area contributed by atoms with Crippen molar-refractivity contribution in [3.63, 3.8) is 0 Å². The lowest BCUT2D eigenvalue weighted by Crippen LogP contribution is -2.56. The van der Waals surface area contributed by atoms with Crippen molar-refractivity contribution in [3.8, 4) is 11.4 Å². The smallest absolute Gasteiger partial charge is 0.243 e. The molecule has 1 aliphatic rings. The van der Waals surface area contributed by atoms with E-state index in [0.717, 1.165) is 6.20 Å². The van der Waals surface area contributed by atoms with E-state index in [9.17, 15) is 23.5 Å². The van der Waals surface area contributed by atoms with Gasteiger partial charge in [-0.15, -0.1) is 0 Å². The summed E-state index contributed by atoms with van der Waals surface area (Å²) in [5.74, 6) is -2.17. The molecule has 0 radical (unpaired) electrons. The second-order valence-corrected chi connectivity index (χ2v) is 9.78. The van der Waals surface area contributed by atoms with Crippen molar-refractivity contribution in [1.29, 1.82) is 0 Å². The summed E-state index contributed by atoms with van der Waals surface area (Å²) in [6.45, 7) is 7.46. The van der Waals surface area contributed by atoms with Gasteiger partial charge in [0.25, 0.3) is 0 Å². The number of β-amino-alcohol motifs (C(OH)–C–C–N with tert-alkyl or cyclic N) is 1. The Morgan fingerprint density at radius 3 is 2.44 bits per heavy atom. The molecule has 0 spiro atoms. The highest BCUT2D eigenvalue weighted by Crippen LogP contribution is 2.28. The Hall–Kier alpha value is -2.92. The fraction of sp³-hybridized carbons (Fsp3) is 0.565. The molecule has 0 aromatic carbocycles. The Morgan fingerprint density at radius 1 is 1.24 bits per heavy atom. The van der Waals surface area contributed by atoms with Crippen molar-refractivity contribution in [2.24, 2.45) is 12.5 Å². The van der Waals surface area contributed by atoms with E-state index in [1.807, 2.05) is 20.8 Å². The Morgan fingerprint density at radius 2 is 1.91 bits per heavy atom. The summed E-state index contributed by atoms with van der Waals surface area (Å²) in [5, 5.41) is 19.7. The number of halogens is 2. The number of nitrogens with one attached hydrogen (secondary N) is 2. The van der Waals surface area contributed by atoms with Crippen molar-refractivity contribution >= 4 is 11.8 Å². The zero-order valence-electron chi connectivity index (χ0n) is 20.3. The van der Waals surface area contributed by atoms with E-state index in [0.29, 0.717) is 5.56 Å². The van der Waals surface area contributed by atoms with Gasteiger partial charge in [0.15, 0.2) is 11.6 Å². The predicted molar refractivity (Wildman–Crippen MR) is 121 cm³/mol. The van der Waals surface area contributed by atoms with Crippen LogP contribution < -0.4 is 10.6 Å². The fourth-order valence-electron chi connectivity index (χ4n) is 4.33. The van der Waals surface area contributed by atoms with E-state index in [4.69, 9.17) is 0 Å². The Kier molecular flexibility index (Phi) is 7.37. The third-order valence-corrected chi connectivity index (χ3v) is 6.11. The number of aromatic nitrogens is 3. The molecule has 2 aromatic rings. The third kappa shape index (κ3) is 5.10. The molecule has 1 aliphatic heterocycles. The molecule has 186 valence electrons. The molecule has 0 bridgehead atoms. The first-order chi connectivity index (χ1) is 15.8. The Balaban J connectivity index is 1.76. The highest BCUT2D eigenvalue weighted by molar-refractivity contribution is 5.91. The lowest BCUT2D eigenvalue weighted by Gasteiger charge is -2.34. The van der Waals surface area contributed by atoms with Crippen LogP contribution in [-0.4, -0.2) is 68.4 Å². The molecule has 1 fully saturated rings. The number of hydrogen-bond donors (Lipinski definition) is 3. The quantitative estimate of drug-likeness (QED) is 0.581. The number of aliphatic hydroxyl groups excluding tert-OH is 1. The molecule has 4 atom stereocenters. The van der Waals surface area contributed by atoms with Crippen LogP contribution in [-0.2, 0) is 16.6 Å². The first-order valence-corrected chi connectivity index (χ1v) is 11.1. The molecule has 2 amide bonds. The van der Waals surface area contributed by atoms with Gasteiger partial charge in [-0.25, -0.2) is 8.78 Å². The molecule has 1 saturated heterocycles. The van der Waals surface area contributed by atoms with Gasteiger partial charge < -0.3 is 20.6 Å². The maximum atomic E-state index is 14.8. The highest BCUT2D eigenvalue weighted by atomic mass is 19.1. The monoisotopic (exact) mass is 478 g/mol. The van der Waals surface area contributed by atoms with E-state index in [1.54, 1.807) is 14.0 Å². The van der Waals surface area contributed by atoms with Crippen molar-refractivity contribution in [1.82, 2.24) is 30.3 Å². The molecule has 11 heteroatoms. The summed E-state index contributed by atoms with van der Waals surface area (Å²) < 4.78 is 29.9. The number of aliphatic hydroxyl groups is 1. The first-order valence-electron chi connectivity index (χ1n) is 11.1. The van der Waals surface area contributed by atoms with Crippen LogP contribution >= 0.6 is 0 Å². The SMILES string of the molecule is CNC(C(=O)N1C[C@H](O)C[C@H]1C(=O)NC(C)c1cnc(-c2c(F)cnn2C)c(F)c1)C(C)(C)C. The molecular weight excluding hydrogens is 446 g/mol. The van der Waals surface area contributed by atoms with Crippen molar-refractivity contribution in [3.05, 3.63) is 35.7 Å². The van der Waals surface area contributed by atoms with Gasteiger partial charge in [0.2, 0.25) is 11.8 Å². The number of carbonyl (C=O) groups excluding carboxylic acids is 2. The summed E-state index contributed by atoms with van der Waals surface area (Å²) in [6, 6.07) is -0.854. The largest absolute Gasteiger partial charge is 0.391 e. The van der Waals surface area contributed by atoms with Crippen LogP contribution in [0.2, 0.25) is 0 Å². The Bertz CT molecular complexity index is 1050. The topological polar surface area (TPSA) is 112 Å². The maximum Gasteiger partial charge on any atom is 0.243 e. The number of amides is 2. The van der Waals surface area contributed by atoms with Crippen LogP contribution in [0.15, 0.2) is 18.5 Å². The zero-order chi connectivity index (χ0) is 25.4. The lowest BCUT2D eigenvalue weighted by molar-refractivity contribution is -0.142. The zero-order valence-corrected chi connectivity index (χ0v) is 20.3. The van der Waals surface area contributed by atoms with E-state index in [-0.39, 0.29) is 30.3 Å². The van der Waals surface area contributed by atoms with Crippen LogP contribution in [0.4, 0.5) is 8.78 Å². The first kappa shape index (κ1) is 25.7. The molecule has 3 N–H and O–H groups in total. The fourth-order valence-corrected chi connectivity index (χ4v) is 4.33. The highest BCUT2D eigenvalue weighted by Gasteiger charge is 2.43. The van der Waals surface area contributed by atoms with Crippen LogP contribution in [0, 0.1) is 17.0 Å². The number of likely N-dealkylation sites (tertiary alicyclic amines) is 1. The van der Waals surface area contributed by atoms with E-state index >= 15 is 0 Å². The molecule has 2 unspecified atom stereocenters. The number of likely N-dealkylation sites (N-methyl/N-ethyl adjacent to an activating group) is 1. The predicted octanol–water partition coefficient (Wildman–Crippen LogP) is 1.53. The standard InChI is InChI=1S/C23H32F2N6O3/c1-12(13-7-15(24)18(27-9-13)19-16(25)10-28-30(19)6)29-21(33)17-8-14(32)11-31(17)22(34)20(26-5)23(2,3)4/h7,9-10,12,14,17,20,26,32H,8,11H2,1-6H3,(H,29,33)/t12?,14-,17+,20?/m1/s1. The minimum absolute atomic E-state index is 0.0563. The van der Waals surface area contributed by atoms with Crippen molar-refractivity contribution in [2.45, 2.75) is 58.3 Å². The minimum Gasteiger partial charge on any atom is -0.391 e. The molecule has 9 nitrogen and oxygen atoms in total. The summed E-state index contributed by atoms with van der Waals surface area (Å²) in [6.07, 6.45) is 1.63. The van der Waals surface area contributed by atoms with E-state index in [2.05, 4.69) is 20.7 Å². The average molecular weight is 479 g/mol. The van der Waals surface area contributed by atoms with Crippen LogP contribution in [0.1, 0.15) is 45.7 Å². The number of pyridine rings is 1. The van der Waals surface area contributed by atoms with Gasteiger partial charge >= 0.3 is 0 Å². The van der Waals surface area contributed by atoms with Gasteiger partial charge in [-0.3, -0.25) is 19.3 Å². The summed E-state index contributed by atoms with van der Waals surface area (Å²) >= 11 is 0. The summed E-state index contributed by atoms with van der Waals surface area (Å²) in [7, 11) is 3.16. The molecule has 34 heavy (non-hydrogen) atoms. The van der Waals surface area contributed by atoms with Crippen LogP contribution in [0.25, 0.3) is 11.4 Å². The maximum absolute atomic E-state index is 14.8. The molecule has 2 aromatic heterocycles. The molecule has 0 saturated carbocycles. The molecule has 0 aliphatic carbocycles. The number of rotatable bonds is 6. The Labute approximate surface area is 197 Å². The van der Waals surface area contributed by atoms with Crippen molar-refractivity contribution < 1.29 is 23.5 Å². The number of hydrogen-bond acceptors (Lipinski definition) is 6. The van der Waals surface area contributed by atoms with Crippen LogP contribution in [0.3, 0.4) is 0 Å². The molecule has 3 heterocycles. The lowest BCUT2D eigenvalue weighted by atomic mass is 9.86. The number of carbonyl (C=O) groups is 2. The van der Waals surface area contributed by atoms with Gasteiger partial charge in [-0.1, -0.05) is 20.8 Å². The number of nitrogens with zero attached hydrogens (tertiary/aromatic N) is 4. The van der Waals surface area contributed by atoms with Gasteiger partial charge in [0.05, 0.1) is 24.4 Å². The minimum atomic E-state index is -0.858. The van der Waals surface area contributed by atoms with Gasteiger partial charge in [0, 0.05) is 26.2 Å². The second kappa shape index (κ2) is 9.75. The molecule has 3 rings (SSSR count). The van der Waals surface area contributed by atoms with E-state index in [1.165, 1.54) is 28.9 Å². The van der Waals surface area contributed by atoms with Gasteiger partial charge in [0.1, 0.15) is 17.4 Å². The third-order valence-electron chi connectivity index (χ3n) is 6.11. The average Bonchev–Trinajstić information content (AvgIpc) is 3.29. The van der Waals surface area contributed by atoms with E-state index < -0.39 is 47.2 Å². The molecular formula is C23H32F2N6O3. The van der Waals surface area contributed by atoms with Gasteiger partial charge in [-0.2, -0.15) is 5.10 Å². The number of aryl methyl sites for hydroxylation is 1. The van der Waals surface area contributed by atoms with Gasteiger partial charge in [-0.05, 0) is 31.0 Å².